The molecule has 0 aliphatic rings. The Hall–Kier alpha value is -2.69. The van der Waals surface area contributed by atoms with Gasteiger partial charge < -0.3 is 4.98 Å². The summed E-state index contributed by atoms with van der Waals surface area (Å²) in [6, 6.07) is 5.63. The fourth-order valence-electron chi connectivity index (χ4n) is 2.77. The third kappa shape index (κ3) is 2.59. The van der Waals surface area contributed by atoms with Gasteiger partial charge in [0, 0.05) is 18.5 Å². The van der Waals surface area contributed by atoms with Gasteiger partial charge in [0.15, 0.2) is 0 Å². The molecule has 1 N–H and O–H groups in total. The summed E-state index contributed by atoms with van der Waals surface area (Å²) in [6.07, 6.45) is 3.31. The van der Waals surface area contributed by atoms with E-state index in [-0.39, 0.29) is 17.0 Å². The van der Waals surface area contributed by atoms with E-state index in [2.05, 4.69) is 4.98 Å². The Morgan fingerprint density at radius 2 is 1.87 bits per heavy atom. The summed E-state index contributed by atoms with van der Waals surface area (Å²) in [5, 5.41) is 1.06. The van der Waals surface area contributed by atoms with Gasteiger partial charge in [-0.3, -0.25) is 14.2 Å². The van der Waals surface area contributed by atoms with Crippen LogP contribution in [-0.4, -0.2) is 9.55 Å². The monoisotopic (exact) mass is 312 g/mol. The first-order valence-corrected chi connectivity index (χ1v) is 7.43. The first kappa shape index (κ1) is 15.2. The molecule has 0 saturated carbocycles. The van der Waals surface area contributed by atoms with Crippen LogP contribution in [0.25, 0.3) is 16.5 Å². The number of benzene rings is 1. The summed E-state index contributed by atoms with van der Waals surface area (Å²) < 4.78 is 15.1. The second-order valence-corrected chi connectivity index (χ2v) is 5.97. The maximum Gasteiger partial charge on any atom is 0.263 e. The molecule has 0 fully saturated rings. The second-order valence-electron chi connectivity index (χ2n) is 5.97. The highest BCUT2D eigenvalue weighted by atomic mass is 19.1. The summed E-state index contributed by atoms with van der Waals surface area (Å²) in [5.74, 6) is -0.304. The van der Waals surface area contributed by atoms with Crippen LogP contribution in [0.15, 0.2) is 46.2 Å². The zero-order chi connectivity index (χ0) is 16.7. The van der Waals surface area contributed by atoms with E-state index in [1.165, 1.54) is 22.8 Å². The molecular formula is C18H17FN2O2. The van der Waals surface area contributed by atoms with Crippen LogP contribution in [-0.2, 0) is 0 Å². The Kier molecular flexibility index (Phi) is 3.64. The molecule has 0 amide bonds. The number of aromatic amines is 1. The molecule has 0 aliphatic carbocycles. The lowest BCUT2D eigenvalue weighted by atomic mass is 9.98. The van der Waals surface area contributed by atoms with Gasteiger partial charge >= 0.3 is 0 Å². The molecule has 118 valence electrons. The molecule has 3 aromatic rings. The Bertz CT molecular complexity index is 1020. The van der Waals surface area contributed by atoms with Crippen LogP contribution in [0.4, 0.5) is 4.39 Å². The van der Waals surface area contributed by atoms with E-state index < -0.39 is 5.82 Å². The van der Waals surface area contributed by atoms with E-state index in [0.717, 1.165) is 16.5 Å². The number of pyridine rings is 2. The van der Waals surface area contributed by atoms with Crippen LogP contribution in [0.2, 0.25) is 0 Å². The van der Waals surface area contributed by atoms with E-state index in [4.69, 9.17) is 0 Å². The second kappa shape index (κ2) is 5.50. The van der Waals surface area contributed by atoms with E-state index in [1.807, 2.05) is 20.8 Å². The largest absolute Gasteiger partial charge is 0.329 e. The summed E-state index contributed by atoms with van der Waals surface area (Å²) in [7, 11) is 0. The van der Waals surface area contributed by atoms with E-state index >= 15 is 0 Å². The number of aromatic nitrogens is 2. The minimum Gasteiger partial charge on any atom is -0.329 e. The number of hydrogen-bond donors (Lipinski definition) is 1. The lowest BCUT2D eigenvalue weighted by molar-refractivity contribution is 0.629. The molecule has 5 heteroatoms. The summed E-state index contributed by atoms with van der Waals surface area (Å²) in [5.41, 5.74) is 1.57. The predicted octanol–water partition coefficient (Wildman–Crippen LogP) is 3.25. The molecule has 23 heavy (non-hydrogen) atoms. The van der Waals surface area contributed by atoms with Gasteiger partial charge in [-0.05, 0) is 41.5 Å². The number of aryl methyl sites for hydroxylation is 1. The smallest absolute Gasteiger partial charge is 0.263 e. The van der Waals surface area contributed by atoms with Gasteiger partial charge in [0.2, 0.25) is 5.56 Å². The van der Waals surface area contributed by atoms with Gasteiger partial charge in [0.05, 0.1) is 11.1 Å². The summed E-state index contributed by atoms with van der Waals surface area (Å²) in [6.45, 7) is 5.83. The standard InChI is InChI=1S/C18H17FN2O2/c1-10(2)15-9-21(16-7-17(22)20-8-11(16)3)18(23)14-6-12(19)4-5-13(14)15/h4-10H,1-3H3,(H,20,22). The number of rotatable bonds is 2. The van der Waals surface area contributed by atoms with Crippen LogP contribution in [0, 0.1) is 12.7 Å². The minimum atomic E-state index is -0.454. The van der Waals surface area contributed by atoms with Crippen molar-refractivity contribution in [3.05, 3.63) is 74.3 Å². The Labute approximate surface area is 132 Å². The molecule has 4 nitrogen and oxygen atoms in total. The first-order valence-electron chi connectivity index (χ1n) is 7.43. The number of nitrogens with one attached hydrogen (secondary N) is 1. The van der Waals surface area contributed by atoms with Gasteiger partial charge in [-0.1, -0.05) is 19.9 Å². The topological polar surface area (TPSA) is 54.9 Å². The van der Waals surface area contributed by atoms with E-state index in [1.54, 1.807) is 18.5 Å². The number of fused-ring (bicyclic) bond motifs is 1. The lowest BCUT2D eigenvalue weighted by Crippen LogP contribution is -2.22. The number of nitrogens with zero attached hydrogens (tertiary/aromatic N) is 1. The van der Waals surface area contributed by atoms with Crippen molar-refractivity contribution in [1.82, 2.24) is 9.55 Å². The molecule has 0 spiro atoms. The predicted molar refractivity (Wildman–Crippen MR) is 88.9 cm³/mol. The average molecular weight is 312 g/mol. The van der Waals surface area contributed by atoms with E-state index in [9.17, 15) is 14.0 Å². The van der Waals surface area contributed by atoms with Crippen LogP contribution in [0.5, 0.6) is 0 Å². The summed E-state index contributed by atoms with van der Waals surface area (Å²) in [4.78, 5) is 27.0. The van der Waals surface area contributed by atoms with Crippen LogP contribution in [0.1, 0.15) is 30.9 Å². The lowest BCUT2D eigenvalue weighted by Gasteiger charge is -2.16. The summed E-state index contributed by atoms with van der Waals surface area (Å²) >= 11 is 0. The fraction of sp³-hybridized carbons (Fsp3) is 0.222. The van der Waals surface area contributed by atoms with Crippen LogP contribution < -0.4 is 11.1 Å². The number of hydrogen-bond acceptors (Lipinski definition) is 2. The van der Waals surface area contributed by atoms with Gasteiger partial charge in [-0.15, -0.1) is 0 Å². The van der Waals surface area contributed by atoms with Crippen molar-refractivity contribution in [2.45, 2.75) is 26.7 Å². The SMILES string of the molecule is Cc1c[nH]c(=O)cc1-n1cc(C(C)C)c2ccc(F)cc2c1=O. The Morgan fingerprint density at radius 3 is 2.57 bits per heavy atom. The van der Waals surface area contributed by atoms with E-state index in [0.29, 0.717) is 11.1 Å². The quantitative estimate of drug-likeness (QED) is 0.789. The molecule has 0 bridgehead atoms. The molecule has 0 aliphatic heterocycles. The first-order chi connectivity index (χ1) is 10.9. The fourth-order valence-corrected chi connectivity index (χ4v) is 2.77. The maximum atomic E-state index is 13.6. The van der Waals surface area contributed by atoms with Gasteiger partial charge in [-0.2, -0.15) is 0 Å². The van der Waals surface area contributed by atoms with Gasteiger partial charge in [0.1, 0.15) is 5.82 Å². The Morgan fingerprint density at radius 1 is 1.13 bits per heavy atom. The Balaban J connectivity index is 2.47. The third-order valence-electron chi connectivity index (χ3n) is 3.99. The van der Waals surface area contributed by atoms with Crippen molar-refractivity contribution in [1.29, 1.82) is 0 Å². The zero-order valence-electron chi connectivity index (χ0n) is 13.2. The van der Waals surface area contributed by atoms with Crippen molar-refractivity contribution in [3.8, 4) is 5.69 Å². The molecule has 0 atom stereocenters. The maximum absolute atomic E-state index is 13.6. The zero-order valence-corrected chi connectivity index (χ0v) is 13.2. The molecule has 0 unspecified atom stereocenters. The average Bonchev–Trinajstić information content (AvgIpc) is 2.50. The number of H-pyrrole nitrogens is 1. The highest BCUT2D eigenvalue weighted by Crippen LogP contribution is 2.25. The van der Waals surface area contributed by atoms with Crippen molar-refractivity contribution in [3.63, 3.8) is 0 Å². The van der Waals surface area contributed by atoms with Crippen LogP contribution >= 0.6 is 0 Å². The molecule has 2 aromatic heterocycles. The normalized spacial score (nSPS) is 11.3. The molecule has 0 saturated heterocycles. The van der Waals surface area contributed by atoms with Crippen LogP contribution in [0.3, 0.4) is 0 Å². The molecule has 2 heterocycles. The van der Waals surface area contributed by atoms with Gasteiger partial charge in [0.25, 0.3) is 5.56 Å². The molecule has 3 rings (SSSR count). The van der Waals surface area contributed by atoms with Crippen molar-refractivity contribution in [2.75, 3.05) is 0 Å². The third-order valence-corrected chi connectivity index (χ3v) is 3.99. The molecular weight excluding hydrogens is 295 g/mol. The molecule has 0 radical (unpaired) electrons. The highest BCUT2D eigenvalue weighted by Gasteiger charge is 2.14. The van der Waals surface area contributed by atoms with Gasteiger partial charge in [-0.25, -0.2) is 4.39 Å². The van der Waals surface area contributed by atoms with Crippen molar-refractivity contribution < 1.29 is 4.39 Å². The highest BCUT2D eigenvalue weighted by molar-refractivity contribution is 5.85. The van der Waals surface area contributed by atoms with Crippen molar-refractivity contribution >= 4 is 10.8 Å². The minimum absolute atomic E-state index is 0.150. The number of halogens is 1. The molecule has 1 aromatic carbocycles. The van der Waals surface area contributed by atoms with Crippen molar-refractivity contribution in [2.24, 2.45) is 0 Å².